The number of carbonyl (C=O) groups is 1. The minimum Gasteiger partial charge on any atom is -0.341 e. The monoisotopic (exact) mass is 365 g/mol. The van der Waals surface area contributed by atoms with Crippen LogP contribution in [0, 0.1) is 5.82 Å². The highest BCUT2D eigenvalue weighted by atomic mass is 19.1. The summed E-state index contributed by atoms with van der Waals surface area (Å²) in [6.45, 7) is 3.33. The van der Waals surface area contributed by atoms with E-state index in [-0.39, 0.29) is 23.6 Å². The molecule has 27 heavy (non-hydrogen) atoms. The van der Waals surface area contributed by atoms with Gasteiger partial charge < -0.3 is 9.42 Å². The van der Waals surface area contributed by atoms with Crippen LogP contribution in [-0.2, 0) is 4.79 Å². The topological polar surface area (TPSA) is 59.2 Å². The highest BCUT2D eigenvalue weighted by molar-refractivity contribution is 5.79. The largest absolute Gasteiger partial charge is 0.341 e. The Kier molecular flexibility index (Phi) is 4.71. The van der Waals surface area contributed by atoms with Gasteiger partial charge in [0.15, 0.2) is 0 Å². The highest BCUT2D eigenvalue weighted by Crippen LogP contribution is 2.30. The number of rotatable bonds is 5. The number of hydrogen-bond acceptors (Lipinski definition) is 4. The molecule has 2 heterocycles. The first-order valence-electron chi connectivity index (χ1n) is 9.02. The van der Waals surface area contributed by atoms with Gasteiger partial charge in [-0.2, -0.15) is 4.98 Å². The lowest BCUT2D eigenvalue weighted by atomic mass is 10.0. The van der Waals surface area contributed by atoms with Crippen LogP contribution in [0.3, 0.4) is 0 Å². The van der Waals surface area contributed by atoms with Crippen LogP contribution in [0.15, 0.2) is 59.1 Å². The summed E-state index contributed by atoms with van der Waals surface area (Å²) >= 11 is 0. The maximum Gasteiger partial charge on any atom is 0.232 e. The van der Waals surface area contributed by atoms with E-state index in [4.69, 9.17) is 4.52 Å². The van der Waals surface area contributed by atoms with Gasteiger partial charge in [0.25, 0.3) is 0 Å². The Morgan fingerprint density at radius 1 is 1.22 bits per heavy atom. The van der Waals surface area contributed by atoms with Crippen LogP contribution in [0.25, 0.3) is 11.4 Å². The molecule has 4 rings (SSSR count). The van der Waals surface area contributed by atoms with E-state index in [2.05, 4.69) is 29.2 Å². The van der Waals surface area contributed by atoms with E-state index < -0.39 is 0 Å². The molecule has 6 heteroatoms. The molecule has 0 bridgehead atoms. The third-order valence-electron chi connectivity index (χ3n) is 4.95. The molecule has 1 fully saturated rings. The first kappa shape index (κ1) is 17.4. The number of likely N-dealkylation sites (tertiary alicyclic amines) is 1. The molecular weight excluding hydrogens is 345 g/mol. The Morgan fingerprint density at radius 3 is 2.81 bits per heavy atom. The number of carbonyl (C=O) groups excluding carboxylic acids is 1. The van der Waals surface area contributed by atoms with Crippen LogP contribution in [0.5, 0.6) is 0 Å². The van der Waals surface area contributed by atoms with Crippen molar-refractivity contribution in [1.82, 2.24) is 15.0 Å². The van der Waals surface area contributed by atoms with Crippen molar-refractivity contribution in [3.8, 4) is 11.4 Å². The van der Waals surface area contributed by atoms with Crippen LogP contribution >= 0.6 is 0 Å². The first-order chi connectivity index (χ1) is 13.1. The van der Waals surface area contributed by atoms with E-state index in [1.165, 1.54) is 17.7 Å². The maximum absolute atomic E-state index is 13.4. The van der Waals surface area contributed by atoms with Gasteiger partial charge in [0.05, 0.1) is 5.92 Å². The number of amides is 1. The van der Waals surface area contributed by atoms with Gasteiger partial charge in [0, 0.05) is 25.1 Å². The van der Waals surface area contributed by atoms with Crippen molar-refractivity contribution in [2.24, 2.45) is 0 Å². The number of nitrogens with zero attached hydrogens (tertiary/aromatic N) is 3. The second-order valence-electron chi connectivity index (χ2n) is 6.98. The minimum atomic E-state index is -0.351. The van der Waals surface area contributed by atoms with Crippen molar-refractivity contribution >= 4 is 5.91 Å². The molecule has 1 saturated heterocycles. The zero-order valence-corrected chi connectivity index (χ0v) is 15.0. The average Bonchev–Trinajstić information content (AvgIpc) is 3.30. The van der Waals surface area contributed by atoms with Gasteiger partial charge in [-0.3, -0.25) is 4.79 Å². The number of hydrogen-bond donors (Lipinski definition) is 0. The Bertz CT molecular complexity index is 941. The van der Waals surface area contributed by atoms with Crippen molar-refractivity contribution in [1.29, 1.82) is 0 Å². The summed E-state index contributed by atoms with van der Waals surface area (Å²) < 4.78 is 18.8. The molecule has 1 aliphatic rings. The predicted octanol–water partition coefficient (Wildman–Crippen LogP) is 4.00. The smallest absolute Gasteiger partial charge is 0.232 e. The molecular formula is C21H20FN3O2. The molecule has 0 saturated carbocycles. The zero-order chi connectivity index (χ0) is 18.8. The van der Waals surface area contributed by atoms with E-state index in [9.17, 15) is 9.18 Å². The SMILES string of the molecule is CC(CN1CC(c2nc(-c3cccc(F)c3)no2)CC1=O)c1ccccc1. The van der Waals surface area contributed by atoms with Crippen LogP contribution in [0.4, 0.5) is 4.39 Å². The Labute approximate surface area is 156 Å². The molecule has 2 aromatic carbocycles. The van der Waals surface area contributed by atoms with Crippen LogP contribution < -0.4 is 0 Å². The molecule has 1 aliphatic heterocycles. The number of halogens is 1. The first-order valence-corrected chi connectivity index (χ1v) is 9.02. The summed E-state index contributed by atoms with van der Waals surface area (Å²) in [5.74, 6) is 0.629. The molecule has 5 nitrogen and oxygen atoms in total. The predicted molar refractivity (Wildman–Crippen MR) is 98.5 cm³/mol. The quantitative estimate of drug-likeness (QED) is 0.686. The fourth-order valence-corrected chi connectivity index (χ4v) is 3.48. The molecule has 0 radical (unpaired) electrons. The van der Waals surface area contributed by atoms with Crippen molar-refractivity contribution in [2.75, 3.05) is 13.1 Å². The van der Waals surface area contributed by atoms with Gasteiger partial charge in [-0.05, 0) is 23.6 Å². The lowest BCUT2D eigenvalue weighted by molar-refractivity contribution is -0.127. The van der Waals surface area contributed by atoms with Crippen molar-refractivity contribution in [3.63, 3.8) is 0 Å². The zero-order valence-electron chi connectivity index (χ0n) is 15.0. The fraction of sp³-hybridized carbons (Fsp3) is 0.286. The van der Waals surface area contributed by atoms with E-state index in [1.54, 1.807) is 12.1 Å². The summed E-state index contributed by atoms with van der Waals surface area (Å²) in [7, 11) is 0. The normalized spacial score (nSPS) is 18.1. The lowest BCUT2D eigenvalue weighted by Crippen LogP contribution is -2.29. The average molecular weight is 365 g/mol. The summed E-state index contributed by atoms with van der Waals surface area (Å²) in [6, 6.07) is 16.2. The van der Waals surface area contributed by atoms with Gasteiger partial charge in [-0.25, -0.2) is 4.39 Å². The molecule has 138 valence electrons. The molecule has 0 spiro atoms. The van der Waals surface area contributed by atoms with E-state index in [0.29, 0.717) is 36.8 Å². The molecule has 0 N–H and O–H groups in total. The summed E-state index contributed by atoms with van der Waals surface area (Å²) in [6.07, 6.45) is 0.353. The molecule has 1 amide bonds. The molecule has 2 unspecified atom stereocenters. The van der Waals surface area contributed by atoms with Crippen molar-refractivity contribution in [3.05, 3.63) is 71.9 Å². The van der Waals surface area contributed by atoms with Crippen molar-refractivity contribution in [2.45, 2.75) is 25.2 Å². The standard InChI is InChI=1S/C21H20FN3O2/c1-14(15-6-3-2-4-7-15)12-25-13-17(11-19(25)26)21-23-20(24-27-21)16-8-5-9-18(22)10-16/h2-10,14,17H,11-13H2,1H3. The van der Waals surface area contributed by atoms with Gasteiger partial charge >= 0.3 is 0 Å². The van der Waals surface area contributed by atoms with E-state index >= 15 is 0 Å². The van der Waals surface area contributed by atoms with Gasteiger partial charge in [0.2, 0.25) is 17.6 Å². The van der Waals surface area contributed by atoms with Crippen LogP contribution in [0.2, 0.25) is 0 Å². The summed E-state index contributed by atoms with van der Waals surface area (Å²) in [4.78, 5) is 18.7. The number of benzene rings is 2. The second-order valence-corrected chi connectivity index (χ2v) is 6.98. The van der Waals surface area contributed by atoms with Crippen molar-refractivity contribution < 1.29 is 13.7 Å². The molecule has 0 aliphatic carbocycles. The van der Waals surface area contributed by atoms with E-state index in [0.717, 1.165) is 0 Å². The minimum absolute atomic E-state index is 0.0910. The Hall–Kier alpha value is -3.02. The second kappa shape index (κ2) is 7.31. The summed E-state index contributed by atoms with van der Waals surface area (Å²) in [5, 5.41) is 3.95. The fourth-order valence-electron chi connectivity index (χ4n) is 3.48. The number of aromatic nitrogens is 2. The van der Waals surface area contributed by atoms with E-state index in [1.807, 2.05) is 23.1 Å². The summed E-state index contributed by atoms with van der Waals surface area (Å²) in [5.41, 5.74) is 1.77. The third kappa shape index (κ3) is 3.74. The Balaban J connectivity index is 1.45. The molecule has 3 aromatic rings. The van der Waals surface area contributed by atoms with Gasteiger partial charge in [-0.1, -0.05) is 54.5 Å². The highest BCUT2D eigenvalue weighted by Gasteiger charge is 2.35. The maximum atomic E-state index is 13.4. The lowest BCUT2D eigenvalue weighted by Gasteiger charge is -2.21. The third-order valence-corrected chi connectivity index (χ3v) is 4.95. The van der Waals surface area contributed by atoms with Crippen LogP contribution in [0.1, 0.15) is 36.6 Å². The Morgan fingerprint density at radius 2 is 2.04 bits per heavy atom. The molecule has 2 atom stereocenters. The van der Waals surface area contributed by atoms with Crippen LogP contribution in [-0.4, -0.2) is 34.0 Å². The van der Waals surface area contributed by atoms with Gasteiger partial charge in [0.1, 0.15) is 5.82 Å². The van der Waals surface area contributed by atoms with Gasteiger partial charge in [-0.15, -0.1) is 0 Å². The molecule has 1 aromatic heterocycles.